The molecule has 1 atom stereocenters. The highest BCUT2D eigenvalue weighted by Crippen LogP contribution is 2.22. The van der Waals surface area contributed by atoms with Gasteiger partial charge in [0.25, 0.3) is 0 Å². The molecule has 0 saturated carbocycles. The second-order valence-corrected chi connectivity index (χ2v) is 5.76. The van der Waals surface area contributed by atoms with Crippen LogP contribution in [0.1, 0.15) is 25.0 Å². The Balaban J connectivity index is 1.61. The van der Waals surface area contributed by atoms with Crippen LogP contribution in [0.25, 0.3) is 0 Å². The number of rotatable bonds is 2. The van der Waals surface area contributed by atoms with Crippen molar-refractivity contribution in [2.24, 2.45) is 0 Å². The Hall–Kier alpha value is -0.640. The maximum atomic E-state index is 5.94. The monoisotopic (exact) mass is 265 g/mol. The van der Waals surface area contributed by atoms with E-state index < -0.39 is 0 Å². The molecule has 0 aromatic carbocycles. The molecule has 0 spiro atoms. The zero-order valence-electron chi connectivity index (χ0n) is 10.7. The van der Waals surface area contributed by atoms with E-state index in [0.717, 1.165) is 24.8 Å². The summed E-state index contributed by atoms with van der Waals surface area (Å²) < 4.78 is 0. The van der Waals surface area contributed by atoms with Gasteiger partial charge >= 0.3 is 0 Å². The predicted molar refractivity (Wildman–Crippen MR) is 73.7 cm³/mol. The van der Waals surface area contributed by atoms with Gasteiger partial charge in [-0.2, -0.15) is 0 Å². The van der Waals surface area contributed by atoms with E-state index in [4.69, 9.17) is 11.6 Å². The number of hydrogen-bond acceptors (Lipinski definition) is 3. The van der Waals surface area contributed by atoms with E-state index >= 15 is 0 Å². The van der Waals surface area contributed by atoms with Crippen molar-refractivity contribution in [1.82, 2.24) is 14.8 Å². The molecule has 3 rings (SSSR count). The van der Waals surface area contributed by atoms with Crippen LogP contribution in [-0.2, 0) is 6.54 Å². The number of pyridine rings is 1. The SMILES string of the molecule is Clc1cccc(CN2CCN3CCCCC3C2)n1. The summed E-state index contributed by atoms with van der Waals surface area (Å²) in [5.74, 6) is 0. The van der Waals surface area contributed by atoms with Crippen LogP contribution >= 0.6 is 11.6 Å². The van der Waals surface area contributed by atoms with Crippen molar-refractivity contribution in [3.05, 3.63) is 29.0 Å². The Morgan fingerprint density at radius 1 is 1.22 bits per heavy atom. The van der Waals surface area contributed by atoms with Gasteiger partial charge < -0.3 is 0 Å². The average molecular weight is 266 g/mol. The van der Waals surface area contributed by atoms with Crippen LogP contribution in [0.5, 0.6) is 0 Å². The summed E-state index contributed by atoms with van der Waals surface area (Å²) in [5, 5.41) is 0.601. The van der Waals surface area contributed by atoms with Crippen molar-refractivity contribution in [2.75, 3.05) is 26.2 Å². The topological polar surface area (TPSA) is 19.4 Å². The van der Waals surface area contributed by atoms with E-state index in [-0.39, 0.29) is 0 Å². The molecule has 2 aliphatic heterocycles. The quantitative estimate of drug-likeness (QED) is 0.766. The van der Waals surface area contributed by atoms with E-state index in [2.05, 4.69) is 20.9 Å². The summed E-state index contributed by atoms with van der Waals surface area (Å²) in [6.07, 6.45) is 4.14. The van der Waals surface area contributed by atoms with Gasteiger partial charge in [0.2, 0.25) is 0 Å². The maximum absolute atomic E-state index is 5.94. The number of hydrogen-bond donors (Lipinski definition) is 0. The largest absolute Gasteiger partial charge is 0.298 e. The van der Waals surface area contributed by atoms with Crippen LogP contribution in [0.2, 0.25) is 5.15 Å². The molecule has 0 N–H and O–H groups in total. The van der Waals surface area contributed by atoms with Crippen molar-refractivity contribution in [1.29, 1.82) is 0 Å². The summed E-state index contributed by atoms with van der Waals surface area (Å²) in [7, 11) is 0. The molecule has 1 unspecified atom stereocenters. The zero-order valence-corrected chi connectivity index (χ0v) is 11.4. The Labute approximate surface area is 114 Å². The Bertz CT molecular complexity index is 410. The molecule has 0 amide bonds. The normalized spacial score (nSPS) is 25.9. The standard InChI is InChI=1S/C14H20ClN3/c15-14-6-3-4-12(16-14)10-17-8-9-18-7-2-1-5-13(18)11-17/h3-4,6,13H,1-2,5,7-11H2. The van der Waals surface area contributed by atoms with Crippen LogP contribution in [0.3, 0.4) is 0 Å². The molecule has 0 radical (unpaired) electrons. The molecular formula is C14H20ClN3. The van der Waals surface area contributed by atoms with Gasteiger partial charge in [0.15, 0.2) is 0 Å². The fourth-order valence-corrected chi connectivity index (χ4v) is 3.31. The summed E-state index contributed by atoms with van der Waals surface area (Å²) in [6, 6.07) is 6.66. The lowest BCUT2D eigenvalue weighted by Gasteiger charge is -2.44. The Morgan fingerprint density at radius 2 is 2.17 bits per heavy atom. The smallest absolute Gasteiger partial charge is 0.129 e. The molecule has 98 valence electrons. The van der Waals surface area contributed by atoms with Crippen molar-refractivity contribution >= 4 is 11.6 Å². The minimum absolute atomic E-state index is 0.601. The molecule has 2 aliphatic rings. The first kappa shape index (κ1) is 12.4. The molecule has 0 aliphatic carbocycles. The highest BCUT2D eigenvalue weighted by Gasteiger charge is 2.28. The number of fused-ring (bicyclic) bond motifs is 1. The van der Waals surface area contributed by atoms with E-state index in [9.17, 15) is 0 Å². The van der Waals surface area contributed by atoms with Gasteiger partial charge in [-0.3, -0.25) is 9.80 Å². The number of piperazine rings is 1. The first-order valence-electron chi connectivity index (χ1n) is 6.89. The summed E-state index contributed by atoms with van der Waals surface area (Å²) >= 11 is 5.94. The number of nitrogens with zero attached hydrogens (tertiary/aromatic N) is 3. The van der Waals surface area contributed by atoms with E-state index in [1.165, 1.54) is 38.9 Å². The third-order valence-corrected chi connectivity index (χ3v) is 4.29. The van der Waals surface area contributed by atoms with Gasteiger partial charge in [-0.25, -0.2) is 4.98 Å². The molecule has 0 bridgehead atoms. The summed E-state index contributed by atoms with van der Waals surface area (Å²) in [6.45, 7) is 5.79. The zero-order chi connectivity index (χ0) is 12.4. The van der Waals surface area contributed by atoms with Gasteiger partial charge in [-0.15, -0.1) is 0 Å². The van der Waals surface area contributed by atoms with Gasteiger partial charge in [0.1, 0.15) is 5.15 Å². The lowest BCUT2D eigenvalue weighted by Crippen LogP contribution is -2.54. The Kier molecular flexibility index (Phi) is 3.83. The highest BCUT2D eigenvalue weighted by molar-refractivity contribution is 6.29. The number of aromatic nitrogens is 1. The third-order valence-electron chi connectivity index (χ3n) is 4.08. The van der Waals surface area contributed by atoms with Crippen LogP contribution in [0.15, 0.2) is 18.2 Å². The molecule has 2 saturated heterocycles. The molecule has 18 heavy (non-hydrogen) atoms. The molecule has 1 aromatic rings. The predicted octanol–water partition coefficient (Wildman–Crippen LogP) is 2.41. The minimum atomic E-state index is 0.601. The maximum Gasteiger partial charge on any atom is 0.129 e. The average Bonchev–Trinajstić information content (AvgIpc) is 2.39. The first-order chi connectivity index (χ1) is 8.81. The van der Waals surface area contributed by atoms with E-state index in [0.29, 0.717) is 5.15 Å². The number of halogens is 1. The van der Waals surface area contributed by atoms with Gasteiger partial charge in [-0.1, -0.05) is 24.1 Å². The summed E-state index contributed by atoms with van der Waals surface area (Å²) in [4.78, 5) is 9.56. The van der Waals surface area contributed by atoms with E-state index in [1.54, 1.807) is 0 Å². The van der Waals surface area contributed by atoms with Crippen molar-refractivity contribution in [2.45, 2.75) is 31.8 Å². The van der Waals surface area contributed by atoms with Crippen molar-refractivity contribution < 1.29 is 0 Å². The number of piperidine rings is 1. The van der Waals surface area contributed by atoms with Crippen LogP contribution in [0, 0.1) is 0 Å². The highest BCUT2D eigenvalue weighted by atomic mass is 35.5. The molecule has 1 aromatic heterocycles. The fourth-order valence-electron chi connectivity index (χ4n) is 3.13. The second-order valence-electron chi connectivity index (χ2n) is 5.37. The molecule has 3 nitrogen and oxygen atoms in total. The van der Waals surface area contributed by atoms with Gasteiger partial charge in [0, 0.05) is 32.2 Å². The van der Waals surface area contributed by atoms with Crippen LogP contribution in [0.4, 0.5) is 0 Å². The van der Waals surface area contributed by atoms with Crippen LogP contribution in [-0.4, -0.2) is 47.0 Å². The molecular weight excluding hydrogens is 246 g/mol. The van der Waals surface area contributed by atoms with Gasteiger partial charge in [0.05, 0.1) is 5.69 Å². The first-order valence-corrected chi connectivity index (χ1v) is 7.27. The van der Waals surface area contributed by atoms with Crippen LogP contribution < -0.4 is 0 Å². The fraction of sp³-hybridized carbons (Fsp3) is 0.643. The Morgan fingerprint density at radius 3 is 3.06 bits per heavy atom. The second kappa shape index (κ2) is 5.55. The van der Waals surface area contributed by atoms with Crippen molar-refractivity contribution in [3.8, 4) is 0 Å². The van der Waals surface area contributed by atoms with Crippen molar-refractivity contribution in [3.63, 3.8) is 0 Å². The minimum Gasteiger partial charge on any atom is -0.298 e. The summed E-state index contributed by atoms with van der Waals surface area (Å²) in [5.41, 5.74) is 1.09. The molecule has 4 heteroatoms. The van der Waals surface area contributed by atoms with Gasteiger partial charge in [-0.05, 0) is 31.5 Å². The van der Waals surface area contributed by atoms with E-state index in [1.807, 2.05) is 12.1 Å². The third kappa shape index (κ3) is 2.85. The molecule has 2 fully saturated rings. The lowest BCUT2D eigenvalue weighted by atomic mass is 9.99. The lowest BCUT2D eigenvalue weighted by molar-refractivity contribution is 0.0451. The molecule has 3 heterocycles.